The van der Waals surface area contributed by atoms with Crippen LogP contribution in [0.3, 0.4) is 0 Å². The van der Waals surface area contributed by atoms with Crippen molar-refractivity contribution in [2.75, 3.05) is 61.8 Å². The van der Waals surface area contributed by atoms with Crippen molar-refractivity contribution in [1.82, 2.24) is 24.8 Å². The number of hydrogen-bond acceptors (Lipinski definition) is 9. The van der Waals surface area contributed by atoms with Gasteiger partial charge in [0.15, 0.2) is 0 Å². The minimum Gasteiger partial charge on any atom is -0.389 e. The van der Waals surface area contributed by atoms with E-state index in [0.717, 1.165) is 62.0 Å². The molecule has 1 atom stereocenters. The van der Waals surface area contributed by atoms with Gasteiger partial charge in [-0.15, -0.1) is 0 Å². The van der Waals surface area contributed by atoms with Crippen LogP contribution in [0.4, 0.5) is 17.6 Å². The molecule has 0 spiro atoms. The Hall–Kier alpha value is -3.76. The molecule has 198 valence electrons. The molecule has 5 heterocycles. The molecular formula is C28H34N8O2. The van der Waals surface area contributed by atoms with E-state index in [1.54, 1.807) is 11.1 Å². The van der Waals surface area contributed by atoms with E-state index >= 15 is 0 Å². The van der Waals surface area contributed by atoms with Crippen LogP contribution >= 0.6 is 0 Å². The number of β-amino-alcohol motifs (C(OH)–C–C–N with tert-alkyl or cyclic N) is 1. The summed E-state index contributed by atoms with van der Waals surface area (Å²) in [5.74, 6) is 1.95. The molecule has 6 rings (SSSR count). The van der Waals surface area contributed by atoms with Gasteiger partial charge < -0.3 is 30.4 Å². The maximum atomic E-state index is 12.5. The largest absolute Gasteiger partial charge is 0.389 e. The summed E-state index contributed by atoms with van der Waals surface area (Å²) < 4.78 is 0. The van der Waals surface area contributed by atoms with E-state index in [2.05, 4.69) is 67.9 Å². The average Bonchev–Trinajstić information content (AvgIpc) is 2.90. The number of anilines is 3. The number of fused-ring (bicyclic) bond motifs is 1. The highest BCUT2D eigenvalue weighted by atomic mass is 16.3. The lowest BCUT2D eigenvalue weighted by molar-refractivity contribution is 0.00587. The molecule has 2 saturated heterocycles. The van der Waals surface area contributed by atoms with E-state index in [0.29, 0.717) is 24.6 Å². The number of amides is 1. The zero-order valence-corrected chi connectivity index (χ0v) is 21.9. The summed E-state index contributed by atoms with van der Waals surface area (Å²) in [6.45, 7) is 7.55. The van der Waals surface area contributed by atoms with Crippen LogP contribution in [0.5, 0.6) is 0 Å². The number of hydrogen-bond donors (Lipinski definition) is 2. The summed E-state index contributed by atoms with van der Waals surface area (Å²) in [4.78, 5) is 34.8. The van der Waals surface area contributed by atoms with Crippen molar-refractivity contribution in [2.24, 2.45) is 0 Å². The molecule has 38 heavy (non-hydrogen) atoms. The molecule has 3 aliphatic heterocycles. The molecule has 10 heteroatoms. The summed E-state index contributed by atoms with van der Waals surface area (Å²) in [7, 11) is 2.14. The number of nitrogens with zero attached hydrogens (tertiary/aromatic N) is 7. The van der Waals surface area contributed by atoms with E-state index in [9.17, 15) is 9.90 Å². The number of nitrogens with two attached hydrogens (primary N) is 1. The van der Waals surface area contributed by atoms with E-state index in [1.807, 2.05) is 12.1 Å². The number of nitrogen functional groups attached to an aromatic ring is 1. The van der Waals surface area contributed by atoms with Crippen molar-refractivity contribution in [3.05, 3.63) is 59.3 Å². The molecule has 0 saturated carbocycles. The number of rotatable bonds is 4. The predicted molar refractivity (Wildman–Crippen MR) is 147 cm³/mol. The Morgan fingerprint density at radius 1 is 1.00 bits per heavy atom. The molecule has 10 nitrogen and oxygen atoms in total. The van der Waals surface area contributed by atoms with Crippen LogP contribution in [0.1, 0.15) is 28.4 Å². The van der Waals surface area contributed by atoms with Gasteiger partial charge in [-0.1, -0.05) is 12.1 Å². The van der Waals surface area contributed by atoms with Crippen LogP contribution in [-0.4, -0.2) is 94.2 Å². The van der Waals surface area contributed by atoms with Crippen LogP contribution in [0, 0.1) is 0 Å². The van der Waals surface area contributed by atoms with Crippen LogP contribution in [0.15, 0.2) is 42.6 Å². The van der Waals surface area contributed by atoms with Crippen molar-refractivity contribution in [1.29, 1.82) is 0 Å². The zero-order chi connectivity index (χ0) is 26.4. The van der Waals surface area contributed by atoms with Gasteiger partial charge in [0.2, 0.25) is 5.95 Å². The summed E-state index contributed by atoms with van der Waals surface area (Å²) in [6, 6.07) is 12.5. The highest BCUT2D eigenvalue weighted by molar-refractivity contribution is 5.94. The van der Waals surface area contributed by atoms with Crippen LogP contribution < -0.4 is 15.5 Å². The second-order valence-corrected chi connectivity index (χ2v) is 10.7. The minimum atomic E-state index is -0.416. The number of aliphatic hydroxyl groups is 1. The van der Waals surface area contributed by atoms with Crippen molar-refractivity contribution in [2.45, 2.75) is 32.0 Å². The van der Waals surface area contributed by atoms with Crippen molar-refractivity contribution < 1.29 is 9.90 Å². The molecule has 2 aromatic heterocycles. The smallest absolute Gasteiger partial charge is 0.255 e. The Labute approximate surface area is 222 Å². The fourth-order valence-corrected chi connectivity index (χ4v) is 5.49. The molecule has 2 fully saturated rings. The van der Waals surface area contributed by atoms with Crippen molar-refractivity contribution >= 4 is 23.5 Å². The molecule has 3 aliphatic rings. The van der Waals surface area contributed by atoms with Crippen LogP contribution in [-0.2, 0) is 13.0 Å². The number of likely N-dealkylation sites (N-methyl/N-ethyl adjacent to an activating group) is 1. The van der Waals surface area contributed by atoms with Crippen molar-refractivity contribution in [3.63, 3.8) is 0 Å². The summed E-state index contributed by atoms with van der Waals surface area (Å²) >= 11 is 0. The molecular weight excluding hydrogens is 480 g/mol. The second kappa shape index (κ2) is 9.85. The van der Waals surface area contributed by atoms with E-state index in [1.165, 1.54) is 11.1 Å². The van der Waals surface area contributed by atoms with Gasteiger partial charge in [-0.25, -0.2) is 0 Å². The first-order valence-electron chi connectivity index (χ1n) is 13.2. The summed E-state index contributed by atoms with van der Waals surface area (Å²) in [6.07, 6.45) is 2.12. The summed E-state index contributed by atoms with van der Waals surface area (Å²) in [5.41, 5.74) is 11.1. The topological polar surface area (TPSA) is 115 Å². The first-order chi connectivity index (χ1) is 18.3. The zero-order valence-electron chi connectivity index (χ0n) is 21.9. The fraction of sp³-hybridized carbons (Fsp3) is 0.429. The molecule has 3 aromatic rings. The Bertz CT molecular complexity index is 1330. The molecule has 3 N–H and O–H groups in total. The average molecular weight is 515 g/mol. The van der Waals surface area contributed by atoms with Gasteiger partial charge in [0.05, 0.1) is 17.4 Å². The van der Waals surface area contributed by atoms with Gasteiger partial charge in [-0.3, -0.25) is 9.78 Å². The van der Waals surface area contributed by atoms with Gasteiger partial charge in [-0.05, 0) is 49.7 Å². The number of aromatic nitrogens is 3. The van der Waals surface area contributed by atoms with Crippen molar-refractivity contribution in [3.8, 4) is 11.3 Å². The highest BCUT2D eigenvalue weighted by Gasteiger charge is 2.30. The lowest BCUT2D eigenvalue weighted by atomic mass is 9.92. The van der Waals surface area contributed by atoms with E-state index in [-0.39, 0.29) is 11.9 Å². The third-order valence-corrected chi connectivity index (χ3v) is 7.89. The van der Waals surface area contributed by atoms with Crippen LogP contribution in [0.2, 0.25) is 0 Å². The number of likely N-dealkylation sites (tertiary alicyclic amines) is 1. The number of piperazine rings is 1. The lowest BCUT2D eigenvalue weighted by Crippen LogP contribution is -2.53. The molecule has 1 aromatic carbocycles. The monoisotopic (exact) mass is 514 g/mol. The first-order valence-corrected chi connectivity index (χ1v) is 13.2. The SMILES string of the molecule is CC1Cc2ccc(-c3ccc(C(=O)N4CC(O)C4)cn3)cc2CN1c1cc(N2CCN(C)CC2)nc(N)n1. The minimum absolute atomic E-state index is 0.0931. The first kappa shape index (κ1) is 24.6. The van der Waals surface area contributed by atoms with Crippen LogP contribution in [0.25, 0.3) is 11.3 Å². The summed E-state index contributed by atoms with van der Waals surface area (Å²) in [5, 5.41) is 9.48. The molecule has 0 bridgehead atoms. The Balaban J connectivity index is 1.22. The van der Waals surface area contributed by atoms with E-state index in [4.69, 9.17) is 5.73 Å². The Morgan fingerprint density at radius 3 is 2.47 bits per heavy atom. The Morgan fingerprint density at radius 2 is 1.76 bits per heavy atom. The van der Waals surface area contributed by atoms with Gasteiger partial charge in [0, 0.05) is 69.7 Å². The second-order valence-electron chi connectivity index (χ2n) is 10.7. The fourth-order valence-electron chi connectivity index (χ4n) is 5.49. The van der Waals surface area contributed by atoms with E-state index < -0.39 is 6.10 Å². The normalized spacial score (nSPS) is 20.3. The third-order valence-electron chi connectivity index (χ3n) is 7.89. The molecule has 1 unspecified atom stereocenters. The quantitative estimate of drug-likeness (QED) is 0.536. The maximum absolute atomic E-state index is 12.5. The maximum Gasteiger partial charge on any atom is 0.255 e. The van der Waals surface area contributed by atoms with Gasteiger partial charge in [0.25, 0.3) is 5.91 Å². The molecule has 0 aliphatic carbocycles. The predicted octanol–water partition coefficient (Wildman–Crippen LogP) is 1.64. The van der Waals surface area contributed by atoms with Gasteiger partial charge in [0.1, 0.15) is 11.6 Å². The molecule has 0 radical (unpaired) electrons. The standard InChI is InChI=1S/C28H34N8O2/c1-18-11-19-3-4-20(24-6-5-21(14-30-24)27(38)35-16-23(37)17-35)12-22(19)15-36(18)26-13-25(31-28(29)32-26)34-9-7-33(2)8-10-34/h3-6,12-14,18,23,37H,7-11,15-17H2,1-2H3,(H2,29,31,32). The number of carbonyl (C=O) groups excluding carboxylic acids is 1. The number of aliphatic hydroxyl groups excluding tert-OH is 1. The number of pyridine rings is 1. The Kier molecular flexibility index (Phi) is 6.37. The number of benzene rings is 1. The highest BCUT2D eigenvalue weighted by Crippen LogP contribution is 2.32. The number of carbonyl (C=O) groups is 1. The van der Waals surface area contributed by atoms with Gasteiger partial charge >= 0.3 is 0 Å². The third kappa shape index (κ3) is 4.77. The molecule has 1 amide bonds. The van der Waals surface area contributed by atoms with Gasteiger partial charge in [-0.2, -0.15) is 9.97 Å². The lowest BCUT2D eigenvalue weighted by Gasteiger charge is -2.37.